The summed E-state index contributed by atoms with van der Waals surface area (Å²) in [6.07, 6.45) is 5.22. The molecule has 0 spiro atoms. The van der Waals surface area contributed by atoms with Gasteiger partial charge in [0.1, 0.15) is 28.6 Å². The van der Waals surface area contributed by atoms with Crippen LogP contribution in [0.4, 0.5) is 5.13 Å². The summed E-state index contributed by atoms with van der Waals surface area (Å²) in [7, 11) is 0. The van der Waals surface area contributed by atoms with E-state index in [1.54, 1.807) is 0 Å². The van der Waals surface area contributed by atoms with Crippen molar-refractivity contribution in [3.05, 3.63) is 23.2 Å². The van der Waals surface area contributed by atoms with Crippen LogP contribution in [0.25, 0.3) is 0 Å². The third-order valence-electron chi connectivity index (χ3n) is 6.79. The zero-order chi connectivity index (χ0) is 30.6. The molecule has 2 aromatic rings. The van der Waals surface area contributed by atoms with Crippen molar-refractivity contribution in [3.63, 3.8) is 0 Å². The second kappa shape index (κ2) is 13.1. The number of rotatable bonds is 14. The number of allylic oxidation sites excluding steroid dienone is 1. The van der Waals surface area contributed by atoms with Crippen molar-refractivity contribution in [1.29, 1.82) is 0 Å². The van der Waals surface area contributed by atoms with Crippen molar-refractivity contribution in [2.45, 2.75) is 48.5 Å². The third kappa shape index (κ3) is 6.64. The summed E-state index contributed by atoms with van der Waals surface area (Å²) in [5.74, 6) is -3.12. The van der Waals surface area contributed by atoms with Crippen molar-refractivity contribution in [3.8, 4) is 0 Å². The molecule has 3 unspecified atom stereocenters. The first-order valence-electron chi connectivity index (χ1n) is 12.8. The summed E-state index contributed by atoms with van der Waals surface area (Å²) in [6, 6.07) is -0.928. The van der Waals surface area contributed by atoms with Gasteiger partial charge in [-0.2, -0.15) is 0 Å². The summed E-state index contributed by atoms with van der Waals surface area (Å²) in [5.41, 5.74) is -1.35. The zero-order valence-electron chi connectivity index (χ0n) is 22.2. The molecule has 2 saturated heterocycles. The van der Waals surface area contributed by atoms with Gasteiger partial charge in [-0.15, -0.1) is 28.2 Å². The molecule has 4 heterocycles. The molecule has 20 heteroatoms. The van der Waals surface area contributed by atoms with Crippen LogP contribution in [0.15, 0.2) is 27.8 Å². The highest BCUT2D eigenvalue weighted by Gasteiger charge is 2.57. The molecule has 4 atom stereocenters. The molecule has 0 bridgehead atoms. The number of β-lactam (4-membered cyclic amide) rings is 1. The van der Waals surface area contributed by atoms with Crippen LogP contribution >= 0.6 is 34.9 Å². The summed E-state index contributed by atoms with van der Waals surface area (Å²) < 4.78 is 1.29. The predicted molar refractivity (Wildman–Crippen MR) is 152 cm³/mol. The van der Waals surface area contributed by atoms with Crippen molar-refractivity contribution in [2.24, 2.45) is 10.6 Å². The van der Waals surface area contributed by atoms with E-state index in [2.05, 4.69) is 36.3 Å². The minimum absolute atomic E-state index is 0.0249. The average Bonchev–Trinajstić information content (AvgIpc) is 3.77. The smallest absolute Gasteiger partial charge is 0.313 e. The van der Waals surface area contributed by atoms with E-state index in [9.17, 15) is 29.1 Å². The fraction of sp³-hybridized carbons (Fsp3) is 0.478. The molecule has 2 aliphatic heterocycles. The van der Waals surface area contributed by atoms with E-state index in [1.807, 2.05) is 12.2 Å². The molecule has 0 radical (unpaired) electrons. The number of anilines is 1. The van der Waals surface area contributed by atoms with Crippen LogP contribution in [-0.4, -0.2) is 112 Å². The van der Waals surface area contributed by atoms with Crippen LogP contribution in [0, 0.1) is 5.41 Å². The highest BCUT2D eigenvalue weighted by Crippen LogP contribution is 2.44. The van der Waals surface area contributed by atoms with Crippen molar-refractivity contribution < 1.29 is 39.0 Å². The second-order valence-electron chi connectivity index (χ2n) is 9.71. The van der Waals surface area contributed by atoms with Crippen LogP contribution in [0.5, 0.6) is 0 Å². The van der Waals surface area contributed by atoms with Crippen LogP contribution in [0.2, 0.25) is 0 Å². The number of carboxylic acids is 2. The Morgan fingerprint density at radius 2 is 2.16 bits per heavy atom. The van der Waals surface area contributed by atoms with Crippen molar-refractivity contribution >= 4 is 75.9 Å². The molecular weight excluding hydrogens is 627 g/mol. The predicted octanol–water partition coefficient (Wildman–Crippen LogP) is -0.125. The molecule has 5 rings (SSSR count). The minimum Gasteiger partial charge on any atom is -0.481 e. The Balaban J connectivity index is 1.24. The fourth-order valence-corrected chi connectivity index (χ4v) is 7.90. The minimum atomic E-state index is -1.34. The van der Waals surface area contributed by atoms with E-state index in [4.69, 9.17) is 9.94 Å². The van der Waals surface area contributed by atoms with Gasteiger partial charge in [0.2, 0.25) is 17.5 Å². The number of oxime groups is 1. The second-order valence-corrected chi connectivity index (χ2v) is 12.6. The standard InChI is InChI=1S/C23H25N9O8S3/c33-11-24-21-25-13(7-41-21)15(28-40-12-3-1-2-4-12)17(36)26-16-18(37)31-8-23(20(38)39,9-42-19(16)31)10-43-22-27-29-30-32(22)6-5-14(34)35/h1,3,7,11-12,16,19H,2,4-6,8-10H2,(H,26,36)(H,34,35)(H,38,39)(H,24,25,33)/t12?,16?,19-,23?/m1/s1. The Kier molecular flexibility index (Phi) is 9.25. The van der Waals surface area contributed by atoms with Crippen LogP contribution in [-0.2, 0) is 35.4 Å². The molecular formula is C23H25N9O8S3. The Labute approximate surface area is 255 Å². The number of aliphatic carboxylic acids is 2. The third-order valence-corrected chi connectivity index (χ3v) is 10.4. The van der Waals surface area contributed by atoms with E-state index in [1.165, 1.54) is 26.7 Å². The molecule has 0 saturated carbocycles. The summed E-state index contributed by atoms with van der Waals surface area (Å²) in [5, 5.41) is 40.9. The molecule has 4 N–H and O–H groups in total. The van der Waals surface area contributed by atoms with E-state index in [0.29, 0.717) is 12.8 Å². The van der Waals surface area contributed by atoms with E-state index in [-0.39, 0.29) is 58.8 Å². The number of amides is 3. The van der Waals surface area contributed by atoms with Gasteiger partial charge in [0.25, 0.3) is 5.91 Å². The normalized spacial score (nSPS) is 24.7. The summed E-state index contributed by atoms with van der Waals surface area (Å²) in [4.78, 5) is 71.7. The molecule has 43 heavy (non-hydrogen) atoms. The highest BCUT2D eigenvalue weighted by atomic mass is 32.2. The van der Waals surface area contributed by atoms with E-state index < -0.39 is 40.6 Å². The number of hydrogen-bond donors (Lipinski definition) is 4. The lowest BCUT2D eigenvalue weighted by atomic mass is 9.89. The lowest BCUT2D eigenvalue weighted by Gasteiger charge is -2.53. The van der Waals surface area contributed by atoms with Gasteiger partial charge in [-0.05, 0) is 29.3 Å². The van der Waals surface area contributed by atoms with Gasteiger partial charge in [0.15, 0.2) is 10.8 Å². The molecule has 1 aliphatic carbocycles. The maximum Gasteiger partial charge on any atom is 0.313 e. The van der Waals surface area contributed by atoms with Gasteiger partial charge in [0.05, 0.1) is 13.0 Å². The fourth-order valence-electron chi connectivity index (χ4n) is 4.48. The number of nitrogens with one attached hydrogen (secondary N) is 2. The van der Waals surface area contributed by atoms with E-state index >= 15 is 0 Å². The first-order chi connectivity index (χ1) is 20.7. The maximum absolute atomic E-state index is 13.3. The number of carbonyl (C=O) groups excluding carboxylic acids is 3. The number of aromatic nitrogens is 5. The monoisotopic (exact) mass is 651 g/mol. The molecule has 17 nitrogen and oxygen atoms in total. The topological polar surface area (TPSA) is 231 Å². The Bertz CT molecular complexity index is 1480. The first kappa shape index (κ1) is 30.4. The number of thiazole rings is 1. The number of fused-ring (bicyclic) bond motifs is 1. The average molecular weight is 652 g/mol. The Morgan fingerprint density at radius 1 is 1.33 bits per heavy atom. The van der Waals surface area contributed by atoms with Gasteiger partial charge in [-0.3, -0.25) is 24.0 Å². The molecule has 3 amide bonds. The number of hydrogen-bond acceptors (Lipinski definition) is 14. The van der Waals surface area contributed by atoms with Crippen LogP contribution < -0.4 is 10.6 Å². The molecule has 2 aromatic heterocycles. The SMILES string of the molecule is O=CNc1nc(C(=NOC2C=CCC2)C(=O)NC2C(=O)N3CC(CSc4nnnn4CCC(=O)O)(C(=O)O)CS[C@H]23)cs1. The van der Waals surface area contributed by atoms with E-state index in [0.717, 1.165) is 29.5 Å². The van der Waals surface area contributed by atoms with Crippen LogP contribution in [0.3, 0.4) is 0 Å². The number of tetrazole rings is 1. The molecule has 228 valence electrons. The summed E-state index contributed by atoms with van der Waals surface area (Å²) >= 11 is 3.38. The van der Waals surface area contributed by atoms with Gasteiger partial charge < -0.3 is 30.6 Å². The zero-order valence-corrected chi connectivity index (χ0v) is 24.6. The highest BCUT2D eigenvalue weighted by molar-refractivity contribution is 8.00. The summed E-state index contributed by atoms with van der Waals surface area (Å²) in [6.45, 7) is -0.0726. The largest absolute Gasteiger partial charge is 0.481 e. The molecule has 3 aliphatic rings. The van der Waals surface area contributed by atoms with Gasteiger partial charge in [-0.25, -0.2) is 9.67 Å². The lowest BCUT2D eigenvalue weighted by molar-refractivity contribution is -0.157. The number of carbonyl (C=O) groups is 5. The van der Waals surface area contributed by atoms with Crippen molar-refractivity contribution in [2.75, 3.05) is 23.4 Å². The van der Waals surface area contributed by atoms with Gasteiger partial charge in [-0.1, -0.05) is 23.0 Å². The lowest BCUT2D eigenvalue weighted by Crippen LogP contribution is -2.74. The van der Waals surface area contributed by atoms with Gasteiger partial charge in [0, 0.05) is 23.4 Å². The number of thioether (sulfide) groups is 2. The Hall–Kier alpha value is -4.04. The molecule has 2 fully saturated rings. The molecule has 0 aromatic carbocycles. The quantitative estimate of drug-likeness (QED) is 0.0521. The van der Waals surface area contributed by atoms with Crippen molar-refractivity contribution in [1.82, 2.24) is 35.4 Å². The Morgan fingerprint density at radius 3 is 2.88 bits per heavy atom. The number of carboxylic acid groups (broad SMARTS) is 2. The first-order valence-corrected chi connectivity index (χ1v) is 15.8. The number of aryl methyl sites for hydroxylation is 1. The number of nitrogens with zero attached hydrogens (tertiary/aromatic N) is 7. The maximum atomic E-state index is 13.3. The van der Waals surface area contributed by atoms with Crippen LogP contribution in [0.1, 0.15) is 25.0 Å². The van der Waals surface area contributed by atoms with Gasteiger partial charge >= 0.3 is 11.9 Å².